The Labute approximate surface area is 130 Å². The third kappa shape index (κ3) is 2.88. The maximum absolute atomic E-state index is 12.2. The molecule has 0 radical (unpaired) electrons. The van der Waals surface area contributed by atoms with Gasteiger partial charge in [-0.3, -0.25) is 10.1 Å². The molecule has 1 aliphatic rings. The minimum atomic E-state index is -0.231. The topological polar surface area (TPSA) is 82.5 Å². The number of hydrogen-bond donors (Lipinski definition) is 4. The minimum Gasteiger partial charge on any atom is -0.504 e. The van der Waals surface area contributed by atoms with Crippen LogP contribution in [0.15, 0.2) is 34.8 Å². The third-order valence-electron chi connectivity index (χ3n) is 3.09. The highest BCUT2D eigenvalue weighted by atomic mass is 32.1. The molecule has 0 saturated carbocycles. The van der Waals surface area contributed by atoms with Crippen molar-refractivity contribution >= 4 is 45.2 Å². The zero-order valence-electron chi connectivity index (χ0n) is 10.8. The number of phenolic OH excluding ortho intramolecular Hbond substituents is 2. The van der Waals surface area contributed by atoms with E-state index in [1.54, 1.807) is 6.08 Å². The molecule has 0 atom stereocenters. The first kappa shape index (κ1) is 14.0. The fourth-order valence-corrected chi connectivity index (χ4v) is 3.21. The van der Waals surface area contributed by atoms with Gasteiger partial charge in [0.15, 0.2) is 16.6 Å². The maximum atomic E-state index is 12.2. The van der Waals surface area contributed by atoms with Crippen LogP contribution in [0.3, 0.4) is 0 Å². The summed E-state index contributed by atoms with van der Waals surface area (Å²) in [6.07, 6.45) is 5.16. The van der Waals surface area contributed by atoms with Gasteiger partial charge in [-0.2, -0.15) is 0 Å². The van der Waals surface area contributed by atoms with Crippen LogP contribution in [0, 0.1) is 0 Å². The van der Waals surface area contributed by atoms with Crippen LogP contribution in [0.25, 0.3) is 10.2 Å². The Kier molecular flexibility index (Phi) is 3.60. The van der Waals surface area contributed by atoms with Crippen LogP contribution >= 0.6 is 24.0 Å². The Bertz CT molecular complexity index is 754. The number of thiazole rings is 1. The van der Waals surface area contributed by atoms with E-state index in [1.807, 2.05) is 6.08 Å². The second-order valence-electron chi connectivity index (χ2n) is 4.62. The lowest BCUT2D eigenvalue weighted by atomic mass is 10.0. The average molecular weight is 320 g/mol. The number of benzene rings is 1. The quantitative estimate of drug-likeness (QED) is 0.506. The molecule has 0 aliphatic heterocycles. The maximum Gasteiger partial charge on any atom is 0.253 e. The number of anilines is 1. The van der Waals surface area contributed by atoms with Crippen molar-refractivity contribution in [2.24, 2.45) is 0 Å². The van der Waals surface area contributed by atoms with Crippen LogP contribution < -0.4 is 5.32 Å². The van der Waals surface area contributed by atoms with E-state index >= 15 is 0 Å². The first-order valence-corrected chi connectivity index (χ1v) is 7.53. The molecule has 7 heteroatoms. The Hall–Kier alpha value is -1.99. The molecule has 1 aromatic heterocycles. The van der Waals surface area contributed by atoms with Crippen molar-refractivity contribution in [3.05, 3.63) is 34.8 Å². The number of nitrogens with zero attached hydrogens (tertiary/aromatic N) is 1. The number of allylic oxidation sites excluding steroid dienone is 2. The Morgan fingerprint density at radius 2 is 2.10 bits per heavy atom. The molecule has 0 bridgehead atoms. The van der Waals surface area contributed by atoms with Gasteiger partial charge in [-0.05, 0) is 18.9 Å². The van der Waals surface area contributed by atoms with Crippen LogP contribution in [0.5, 0.6) is 11.5 Å². The van der Waals surface area contributed by atoms with Gasteiger partial charge in [-0.25, -0.2) is 4.98 Å². The fraction of sp³-hybridized carbons (Fsp3) is 0.143. The molecule has 5 nitrogen and oxygen atoms in total. The highest BCUT2D eigenvalue weighted by molar-refractivity contribution is 7.84. The zero-order chi connectivity index (χ0) is 15.0. The fourth-order valence-electron chi connectivity index (χ4n) is 2.05. The van der Waals surface area contributed by atoms with Crippen LogP contribution in [-0.4, -0.2) is 21.1 Å². The zero-order valence-corrected chi connectivity index (χ0v) is 12.5. The van der Waals surface area contributed by atoms with Gasteiger partial charge in [0.1, 0.15) is 0 Å². The molecule has 1 amide bonds. The highest BCUT2D eigenvalue weighted by Crippen LogP contribution is 2.35. The number of carbonyl (C=O) groups excluding carboxylic acids is 1. The number of hydrogen-bond acceptors (Lipinski definition) is 6. The van der Waals surface area contributed by atoms with Gasteiger partial charge in [0, 0.05) is 22.6 Å². The SMILES string of the molecule is O=C(Nc1nc2cc(O)c(O)cc2s1)C1=CC(S)=CCC1. The van der Waals surface area contributed by atoms with Crippen LogP contribution in [0.1, 0.15) is 12.8 Å². The summed E-state index contributed by atoms with van der Waals surface area (Å²) in [5.74, 6) is -0.642. The molecule has 0 fully saturated rings. The van der Waals surface area contributed by atoms with E-state index in [9.17, 15) is 15.0 Å². The van der Waals surface area contributed by atoms with Crippen molar-refractivity contribution in [2.75, 3.05) is 5.32 Å². The summed E-state index contributed by atoms with van der Waals surface area (Å²) in [4.78, 5) is 17.2. The lowest BCUT2D eigenvalue weighted by molar-refractivity contribution is -0.113. The standard InChI is InChI=1S/C14H12N2O3S2/c17-10-5-9-12(6-11(10)18)21-14(15-9)16-13(19)7-2-1-3-8(20)4-7/h3-6,17-18,20H,1-2H2,(H,15,16,19). The summed E-state index contributed by atoms with van der Waals surface area (Å²) in [7, 11) is 0. The van der Waals surface area contributed by atoms with E-state index in [1.165, 1.54) is 23.5 Å². The predicted octanol–water partition coefficient (Wildman–Crippen LogP) is 3.18. The van der Waals surface area contributed by atoms with Crippen LogP contribution in [0.4, 0.5) is 5.13 Å². The number of nitrogens with one attached hydrogen (secondary N) is 1. The van der Waals surface area contributed by atoms with Crippen molar-refractivity contribution < 1.29 is 15.0 Å². The molecule has 1 aromatic carbocycles. The van der Waals surface area contributed by atoms with Gasteiger partial charge in [-0.15, -0.1) is 12.6 Å². The molecular weight excluding hydrogens is 308 g/mol. The second-order valence-corrected chi connectivity index (χ2v) is 6.17. The summed E-state index contributed by atoms with van der Waals surface area (Å²) < 4.78 is 0.688. The molecule has 3 rings (SSSR count). The number of amides is 1. The number of fused-ring (bicyclic) bond motifs is 1. The third-order valence-corrected chi connectivity index (χ3v) is 4.33. The number of thiol groups is 1. The smallest absolute Gasteiger partial charge is 0.253 e. The Morgan fingerprint density at radius 1 is 1.33 bits per heavy atom. The lowest BCUT2D eigenvalue weighted by Gasteiger charge is -2.09. The number of aromatic hydroxyl groups is 2. The lowest BCUT2D eigenvalue weighted by Crippen LogP contribution is -2.15. The van der Waals surface area contributed by atoms with Crippen molar-refractivity contribution in [1.82, 2.24) is 4.98 Å². The summed E-state index contributed by atoms with van der Waals surface area (Å²) in [6.45, 7) is 0. The molecule has 3 N–H and O–H groups in total. The van der Waals surface area contributed by atoms with Gasteiger partial charge in [0.25, 0.3) is 5.91 Å². The van der Waals surface area contributed by atoms with Gasteiger partial charge in [0.05, 0.1) is 10.2 Å². The van der Waals surface area contributed by atoms with Crippen LogP contribution in [-0.2, 0) is 4.79 Å². The number of rotatable bonds is 2. The first-order chi connectivity index (χ1) is 10.0. The summed E-state index contributed by atoms with van der Waals surface area (Å²) in [5, 5.41) is 22.1. The molecule has 0 spiro atoms. The van der Waals surface area contributed by atoms with Crippen LogP contribution in [0.2, 0.25) is 0 Å². The van der Waals surface area contributed by atoms with Crippen molar-refractivity contribution in [3.8, 4) is 11.5 Å². The van der Waals surface area contributed by atoms with Gasteiger partial charge in [-0.1, -0.05) is 17.4 Å². The largest absolute Gasteiger partial charge is 0.504 e. The first-order valence-electron chi connectivity index (χ1n) is 6.26. The van der Waals surface area contributed by atoms with Crippen molar-refractivity contribution in [2.45, 2.75) is 12.8 Å². The van der Waals surface area contributed by atoms with E-state index in [4.69, 9.17) is 0 Å². The van der Waals surface area contributed by atoms with Gasteiger partial charge >= 0.3 is 0 Å². The predicted molar refractivity (Wildman–Crippen MR) is 86.0 cm³/mol. The molecule has 2 aromatic rings. The number of carbonyl (C=O) groups is 1. The molecule has 1 heterocycles. The molecular formula is C14H12N2O3S2. The molecule has 1 aliphatic carbocycles. The van der Waals surface area contributed by atoms with E-state index in [0.717, 1.165) is 11.3 Å². The summed E-state index contributed by atoms with van der Waals surface area (Å²) in [6, 6.07) is 2.79. The molecule has 0 unspecified atom stereocenters. The van der Waals surface area contributed by atoms with Gasteiger partial charge in [0.2, 0.25) is 0 Å². The normalized spacial score (nSPS) is 14.7. The Morgan fingerprint density at radius 3 is 2.86 bits per heavy atom. The number of phenols is 2. The van der Waals surface area contributed by atoms with Crippen molar-refractivity contribution in [3.63, 3.8) is 0 Å². The van der Waals surface area contributed by atoms with E-state index < -0.39 is 0 Å². The summed E-state index contributed by atoms with van der Waals surface area (Å²) >= 11 is 5.48. The average Bonchev–Trinajstić information content (AvgIpc) is 2.80. The van der Waals surface area contributed by atoms with E-state index in [0.29, 0.717) is 27.3 Å². The number of aromatic nitrogens is 1. The molecule has 108 valence electrons. The monoisotopic (exact) mass is 320 g/mol. The van der Waals surface area contributed by atoms with Gasteiger partial charge < -0.3 is 10.2 Å². The Balaban J connectivity index is 1.85. The van der Waals surface area contributed by atoms with Crippen molar-refractivity contribution in [1.29, 1.82) is 0 Å². The van der Waals surface area contributed by atoms with E-state index in [-0.39, 0.29) is 17.4 Å². The van der Waals surface area contributed by atoms with E-state index in [2.05, 4.69) is 22.9 Å². The highest BCUT2D eigenvalue weighted by Gasteiger charge is 2.15. The molecule has 0 saturated heterocycles. The molecule has 21 heavy (non-hydrogen) atoms. The minimum absolute atomic E-state index is 0.205. The summed E-state index contributed by atoms with van der Waals surface area (Å²) in [5.41, 5.74) is 1.19. The second kappa shape index (κ2) is 5.42.